The van der Waals surface area contributed by atoms with Crippen LogP contribution in [0.15, 0.2) is 59.0 Å². The molecule has 4 rings (SSSR count). The smallest absolute Gasteiger partial charge is 0.293 e. The van der Waals surface area contributed by atoms with E-state index < -0.39 is 0 Å². The molecule has 0 radical (unpaired) electrons. The summed E-state index contributed by atoms with van der Waals surface area (Å²) in [6.07, 6.45) is 0. The third kappa shape index (κ3) is 2.79. The number of benzene rings is 2. The molecule has 24 heavy (non-hydrogen) atoms. The molecule has 0 spiro atoms. The largest absolute Gasteiger partial charge is 0.451 e. The van der Waals surface area contributed by atoms with Gasteiger partial charge in [-0.2, -0.15) is 0 Å². The van der Waals surface area contributed by atoms with Gasteiger partial charge in [0.15, 0.2) is 5.76 Å². The molecule has 4 aromatic rings. The third-order valence-corrected chi connectivity index (χ3v) is 4.48. The van der Waals surface area contributed by atoms with Crippen molar-refractivity contribution in [1.82, 2.24) is 10.2 Å². The number of aryl methyl sites for hydroxylation is 1. The number of nitrogens with zero attached hydrogens (tertiary/aromatic N) is 2. The average Bonchev–Trinajstić information content (AvgIpc) is 3.22. The molecule has 0 bridgehead atoms. The second-order valence-corrected chi connectivity index (χ2v) is 6.36. The Kier molecular flexibility index (Phi) is 3.59. The van der Waals surface area contributed by atoms with E-state index in [9.17, 15) is 4.79 Å². The first kappa shape index (κ1) is 14.6. The molecule has 5 nitrogen and oxygen atoms in total. The molecule has 0 aliphatic rings. The SMILES string of the molecule is Cc1ccc(-c2nnc(NC(=O)c3cc4ccccc4o3)s2)cc1. The molecule has 0 fully saturated rings. The minimum absolute atomic E-state index is 0.253. The number of para-hydroxylation sites is 1. The van der Waals surface area contributed by atoms with E-state index in [-0.39, 0.29) is 11.7 Å². The molecule has 2 aromatic heterocycles. The predicted octanol–water partition coefficient (Wildman–Crippen LogP) is 4.51. The lowest BCUT2D eigenvalue weighted by atomic mass is 10.2. The van der Waals surface area contributed by atoms with Crippen LogP contribution in [0.4, 0.5) is 5.13 Å². The van der Waals surface area contributed by atoms with Gasteiger partial charge in [-0.25, -0.2) is 0 Å². The number of furan rings is 1. The van der Waals surface area contributed by atoms with Gasteiger partial charge in [0.2, 0.25) is 5.13 Å². The maximum absolute atomic E-state index is 12.3. The summed E-state index contributed by atoms with van der Waals surface area (Å²) in [6, 6.07) is 17.2. The number of fused-ring (bicyclic) bond motifs is 1. The normalized spacial score (nSPS) is 10.9. The summed E-state index contributed by atoms with van der Waals surface area (Å²) < 4.78 is 5.55. The van der Waals surface area contributed by atoms with Crippen molar-refractivity contribution in [2.45, 2.75) is 6.92 Å². The van der Waals surface area contributed by atoms with Crippen molar-refractivity contribution < 1.29 is 9.21 Å². The van der Waals surface area contributed by atoms with E-state index in [0.717, 1.165) is 16.0 Å². The number of rotatable bonds is 3. The number of carbonyl (C=O) groups is 1. The fourth-order valence-corrected chi connectivity index (χ4v) is 3.08. The van der Waals surface area contributed by atoms with Crippen LogP contribution in [0.3, 0.4) is 0 Å². The molecule has 0 unspecified atom stereocenters. The highest BCUT2D eigenvalue weighted by molar-refractivity contribution is 7.18. The molecule has 2 heterocycles. The summed E-state index contributed by atoms with van der Waals surface area (Å²) in [7, 11) is 0. The summed E-state index contributed by atoms with van der Waals surface area (Å²) in [5.41, 5.74) is 2.84. The van der Waals surface area contributed by atoms with Crippen molar-refractivity contribution in [3.63, 3.8) is 0 Å². The highest BCUT2D eigenvalue weighted by Crippen LogP contribution is 2.27. The number of amides is 1. The van der Waals surface area contributed by atoms with Crippen molar-refractivity contribution >= 4 is 33.3 Å². The van der Waals surface area contributed by atoms with Gasteiger partial charge in [0.25, 0.3) is 5.91 Å². The second-order valence-electron chi connectivity index (χ2n) is 5.38. The zero-order chi connectivity index (χ0) is 16.5. The molecule has 0 aliphatic carbocycles. The number of hydrogen-bond acceptors (Lipinski definition) is 5. The molecule has 118 valence electrons. The molecule has 0 aliphatic heterocycles. The van der Waals surface area contributed by atoms with Crippen molar-refractivity contribution in [3.8, 4) is 10.6 Å². The van der Waals surface area contributed by atoms with Crippen LogP contribution in [0.1, 0.15) is 16.1 Å². The van der Waals surface area contributed by atoms with Crippen molar-refractivity contribution in [2.75, 3.05) is 5.32 Å². The lowest BCUT2D eigenvalue weighted by molar-refractivity contribution is 0.0998. The number of anilines is 1. The Bertz CT molecular complexity index is 985. The Hall–Kier alpha value is -2.99. The van der Waals surface area contributed by atoms with E-state index in [4.69, 9.17) is 4.42 Å². The summed E-state index contributed by atoms with van der Waals surface area (Å²) >= 11 is 1.33. The summed E-state index contributed by atoms with van der Waals surface area (Å²) in [4.78, 5) is 12.3. The fraction of sp³-hybridized carbons (Fsp3) is 0.0556. The minimum atomic E-state index is -0.335. The standard InChI is InChI=1S/C18H13N3O2S/c1-11-6-8-12(9-7-11)17-20-21-18(24-17)19-16(22)15-10-13-4-2-3-5-14(13)23-15/h2-10H,1H3,(H,19,21,22). The average molecular weight is 335 g/mol. The highest BCUT2D eigenvalue weighted by atomic mass is 32.1. The zero-order valence-electron chi connectivity index (χ0n) is 12.8. The fourth-order valence-electron chi connectivity index (χ4n) is 2.34. The topological polar surface area (TPSA) is 68.0 Å². The Balaban J connectivity index is 1.54. The Morgan fingerprint density at radius 2 is 1.88 bits per heavy atom. The van der Waals surface area contributed by atoms with Gasteiger partial charge < -0.3 is 4.42 Å². The number of carbonyl (C=O) groups excluding carboxylic acids is 1. The third-order valence-electron chi connectivity index (χ3n) is 3.59. The summed E-state index contributed by atoms with van der Waals surface area (Å²) in [5, 5.41) is 13.0. The van der Waals surface area contributed by atoms with Gasteiger partial charge in [0.1, 0.15) is 10.6 Å². The first-order chi connectivity index (χ1) is 11.7. The minimum Gasteiger partial charge on any atom is -0.451 e. The van der Waals surface area contributed by atoms with Gasteiger partial charge in [-0.3, -0.25) is 10.1 Å². The van der Waals surface area contributed by atoms with Crippen LogP contribution >= 0.6 is 11.3 Å². The van der Waals surface area contributed by atoms with Gasteiger partial charge in [-0.05, 0) is 19.1 Å². The van der Waals surface area contributed by atoms with Gasteiger partial charge in [0.05, 0.1) is 0 Å². The van der Waals surface area contributed by atoms with Crippen LogP contribution in [-0.2, 0) is 0 Å². The van der Waals surface area contributed by atoms with Crippen LogP contribution in [0.2, 0.25) is 0 Å². The number of nitrogens with one attached hydrogen (secondary N) is 1. The molecular weight excluding hydrogens is 322 g/mol. The number of hydrogen-bond donors (Lipinski definition) is 1. The summed E-state index contributed by atoms with van der Waals surface area (Å²) in [6.45, 7) is 2.03. The van der Waals surface area contributed by atoms with Gasteiger partial charge >= 0.3 is 0 Å². The van der Waals surface area contributed by atoms with Crippen LogP contribution in [-0.4, -0.2) is 16.1 Å². The van der Waals surface area contributed by atoms with E-state index in [1.54, 1.807) is 6.07 Å². The Morgan fingerprint density at radius 3 is 2.67 bits per heavy atom. The molecule has 1 amide bonds. The van der Waals surface area contributed by atoms with Gasteiger partial charge in [-0.1, -0.05) is 59.4 Å². The molecule has 0 saturated carbocycles. The first-order valence-electron chi connectivity index (χ1n) is 7.39. The summed E-state index contributed by atoms with van der Waals surface area (Å²) in [5.74, 6) is -0.0823. The molecular formula is C18H13N3O2S. The van der Waals surface area contributed by atoms with Crippen LogP contribution in [0.25, 0.3) is 21.5 Å². The second kappa shape index (κ2) is 5.90. The molecule has 0 saturated heterocycles. The Labute approximate surface area is 142 Å². The van der Waals surface area contributed by atoms with E-state index in [2.05, 4.69) is 15.5 Å². The molecule has 6 heteroatoms. The van der Waals surface area contributed by atoms with E-state index in [1.165, 1.54) is 16.9 Å². The molecule has 0 atom stereocenters. The van der Waals surface area contributed by atoms with Crippen molar-refractivity contribution in [3.05, 3.63) is 65.9 Å². The maximum atomic E-state index is 12.3. The maximum Gasteiger partial charge on any atom is 0.293 e. The lowest BCUT2D eigenvalue weighted by Gasteiger charge is -1.97. The van der Waals surface area contributed by atoms with Gasteiger partial charge in [-0.15, -0.1) is 10.2 Å². The monoisotopic (exact) mass is 335 g/mol. The quantitative estimate of drug-likeness (QED) is 0.598. The molecule has 2 aromatic carbocycles. The van der Waals surface area contributed by atoms with E-state index >= 15 is 0 Å². The first-order valence-corrected chi connectivity index (χ1v) is 8.21. The van der Waals surface area contributed by atoms with Crippen molar-refractivity contribution in [1.29, 1.82) is 0 Å². The zero-order valence-corrected chi connectivity index (χ0v) is 13.6. The van der Waals surface area contributed by atoms with E-state index in [0.29, 0.717) is 10.7 Å². The lowest BCUT2D eigenvalue weighted by Crippen LogP contribution is -2.10. The van der Waals surface area contributed by atoms with E-state index in [1.807, 2.05) is 55.5 Å². The molecule has 1 N–H and O–H groups in total. The Morgan fingerprint density at radius 1 is 1.08 bits per heavy atom. The van der Waals surface area contributed by atoms with Crippen LogP contribution in [0.5, 0.6) is 0 Å². The van der Waals surface area contributed by atoms with Gasteiger partial charge in [0, 0.05) is 10.9 Å². The number of aromatic nitrogens is 2. The van der Waals surface area contributed by atoms with Crippen LogP contribution < -0.4 is 5.32 Å². The highest BCUT2D eigenvalue weighted by Gasteiger charge is 2.15. The predicted molar refractivity (Wildman–Crippen MR) is 94.2 cm³/mol. The van der Waals surface area contributed by atoms with Crippen LogP contribution in [0, 0.1) is 6.92 Å². The van der Waals surface area contributed by atoms with Crippen molar-refractivity contribution in [2.24, 2.45) is 0 Å².